The number of fused-ring (bicyclic) bond motifs is 1. The first kappa shape index (κ1) is 20.5. The second-order valence-electron chi connectivity index (χ2n) is 4.42. The summed E-state index contributed by atoms with van der Waals surface area (Å²) in [5.74, 6) is 0.801. The van der Waals surface area contributed by atoms with Crippen LogP contribution in [0.1, 0.15) is 27.7 Å². The van der Waals surface area contributed by atoms with Crippen LogP contribution in [0.2, 0.25) is 5.02 Å². The fourth-order valence-electron chi connectivity index (χ4n) is 2.02. The zero-order chi connectivity index (χ0) is 18.8. The number of nitrogens with one attached hydrogen (secondary N) is 2. The monoisotopic (exact) mass is 366 g/mol. The van der Waals surface area contributed by atoms with Crippen molar-refractivity contribution in [2.75, 3.05) is 12.3 Å². The van der Waals surface area contributed by atoms with E-state index in [0.717, 1.165) is 5.75 Å². The van der Waals surface area contributed by atoms with Crippen LogP contribution in [-0.2, 0) is 6.54 Å². The van der Waals surface area contributed by atoms with E-state index in [1.165, 1.54) is 0 Å². The van der Waals surface area contributed by atoms with E-state index >= 15 is 0 Å². The first-order chi connectivity index (χ1) is 12.1. The van der Waals surface area contributed by atoms with Gasteiger partial charge >= 0.3 is 5.56 Å². The summed E-state index contributed by atoms with van der Waals surface area (Å²) in [4.78, 5) is 21.3. The highest BCUT2D eigenvalue weighted by Crippen LogP contribution is 2.15. The number of anilines is 1. The number of hydrogen-bond donors (Lipinski definition) is 3. The lowest BCUT2D eigenvalue weighted by Crippen LogP contribution is -2.38. The van der Waals surface area contributed by atoms with Crippen molar-refractivity contribution in [2.24, 2.45) is 0 Å². The molecule has 7 nitrogen and oxygen atoms in total. The van der Waals surface area contributed by atoms with E-state index in [0.29, 0.717) is 29.3 Å². The number of aromatic amines is 2. The highest BCUT2D eigenvalue weighted by Gasteiger charge is 2.15. The highest BCUT2D eigenvalue weighted by molar-refractivity contribution is 6.30. The maximum Gasteiger partial charge on any atom is 0.304 e. The Morgan fingerprint density at radius 1 is 1.20 bits per heavy atom. The van der Waals surface area contributed by atoms with Crippen molar-refractivity contribution < 1.29 is 9.30 Å². The summed E-state index contributed by atoms with van der Waals surface area (Å²) in [6.45, 7) is 8.90. The van der Waals surface area contributed by atoms with Crippen LogP contribution in [0.5, 0.6) is 5.75 Å². The van der Waals surface area contributed by atoms with Crippen LogP contribution in [0, 0.1) is 0 Å². The van der Waals surface area contributed by atoms with E-state index < -0.39 is 0 Å². The van der Waals surface area contributed by atoms with Crippen molar-refractivity contribution in [3.05, 3.63) is 46.0 Å². The molecule has 25 heavy (non-hydrogen) atoms. The van der Waals surface area contributed by atoms with Gasteiger partial charge in [-0.25, -0.2) is 9.55 Å². The minimum absolute atomic E-state index is 0.0823. The zero-order valence-corrected chi connectivity index (χ0v) is 15.7. The fraction of sp³-hybridized carbons (Fsp3) is 0.353. The standard InChI is InChI=1S/C13H12ClN5O2.2C2H6/c14-8-1-3-9(4-2-8)21-6-5-19-7-16-11-10(19)12(20)18-13(15)17-11;2*1-2/h1-4,7H,5-6H2,(H3,15,17,18,20);2*1-2H3/p+1. The molecule has 0 unspecified atom stereocenters. The molecule has 3 aromatic rings. The Morgan fingerprint density at radius 3 is 2.48 bits per heavy atom. The number of nitrogens with two attached hydrogens (primary N) is 1. The molecule has 3 rings (SSSR count). The van der Waals surface area contributed by atoms with E-state index in [4.69, 9.17) is 22.1 Å². The second-order valence-corrected chi connectivity index (χ2v) is 4.85. The third-order valence-corrected chi connectivity index (χ3v) is 3.22. The number of ether oxygens (including phenoxy) is 1. The lowest BCUT2D eigenvalue weighted by atomic mass is 10.3. The van der Waals surface area contributed by atoms with Crippen LogP contribution >= 0.6 is 11.6 Å². The van der Waals surface area contributed by atoms with Gasteiger partial charge in [0.1, 0.15) is 18.9 Å². The van der Waals surface area contributed by atoms with Gasteiger partial charge in [0.25, 0.3) is 11.2 Å². The van der Waals surface area contributed by atoms with Crippen molar-refractivity contribution in [3.63, 3.8) is 0 Å². The van der Waals surface area contributed by atoms with Gasteiger partial charge in [0, 0.05) is 5.02 Å². The number of rotatable bonds is 4. The van der Waals surface area contributed by atoms with Gasteiger partial charge in [-0.2, -0.15) is 4.98 Å². The highest BCUT2D eigenvalue weighted by atomic mass is 35.5. The minimum Gasteiger partial charge on any atom is -0.489 e. The maximum absolute atomic E-state index is 11.9. The number of benzene rings is 1. The Kier molecular flexibility index (Phi) is 8.49. The molecule has 0 saturated carbocycles. The minimum atomic E-state index is -0.287. The first-order valence-corrected chi connectivity index (χ1v) is 8.66. The second kappa shape index (κ2) is 10.4. The van der Waals surface area contributed by atoms with E-state index in [1.54, 1.807) is 35.2 Å². The van der Waals surface area contributed by atoms with Gasteiger partial charge in [-0.05, 0) is 24.3 Å². The summed E-state index contributed by atoms with van der Waals surface area (Å²) in [7, 11) is 0. The van der Waals surface area contributed by atoms with E-state index in [2.05, 4.69) is 15.0 Å². The molecule has 8 heteroatoms. The Morgan fingerprint density at radius 2 is 1.84 bits per heavy atom. The number of aromatic nitrogens is 4. The summed E-state index contributed by atoms with van der Waals surface area (Å²) in [5, 5.41) is 0.656. The van der Waals surface area contributed by atoms with Crippen LogP contribution in [0.15, 0.2) is 35.4 Å². The van der Waals surface area contributed by atoms with Crippen molar-refractivity contribution in [1.29, 1.82) is 0 Å². The summed E-state index contributed by atoms with van der Waals surface area (Å²) < 4.78 is 7.33. The number of hydrogen-bond acceptors (Lipinski definition) is 4. The van der Waals surface area contributed by atoms with Crippen molar-refractivity contribution >= 4 is 28.7 Å². The Bertz CT molecular complexity index is 827. The molecule has 4 N–H and O–H groups in total. The number of imidazole rings is 1. The van der Waals surface area contributed by atoms with Gasteiger partial charge in [-0.15, -0.1) is 0 Å². The SMILES string of the molecule is CC.CC.Nc1nc2[nH]c[n+](CCOc3ccc(Cl)cc3)c2c(=O)[nH]1. The van der Waals surface area contributed by atoms with Gasteiger partial charge in [-0.3, -0.25) is 9.78 Å². The number of nitrogen functional groups attached to an aromatic ring is 1. The maximum atomic E-state index is 11.9. The van der Waals surface area contributed by atoms with Gasteiger partial charge in [0.15, 0.2) is 0 Å². The number of nitrogens with zero attached hydrogens (tertiary/aromatic N) is 2. The third-order valence-electron chi connectivity index (χ3n) is 2.97. The molecule has 2 heterocycles. The molecule has 0 aliphatic rings. The fourth-order valence-corrected chi connectivity index (χ4v) is 2.15. The van der Waals surface area contributed by atoms with E-state index in [-0.39, 0.29) is 11.5 Å². The van der Waals surface area contributed by atoms with Gasteiger partial charge in [0.2, 0.25) is 12.3 Å². The lowest BCUT2D eigenvalue weighted by molar-refractivity contribution is -0.672. The molecule has 0 saturated heterocycles. The van der Waals surface area contributed by atoms with Gasteiger partial charge < -0.3 is 10.5 Å². The third kappa shape index (κ3) is 5.49. The average molecular weight is 367 g/mol. The molecular formula is C17H25ClN5O2+. The average Bonchev–Trinajstić information content (AvgIpc) is 3.03. The predicted molar refractivity (Wildman–Crippen MR) is 101 cm³/mol. The molecule has 0 aliphatic heterocycles. The van der Waals surface area contributed by atoms with Crippen molar-refractivity contribution in [2.45, 2.75) is 34.2 Å². The van der Waals surface area contributed by atoms with Crippen LogP contribution in [0.4, 0.5) is 5.95 Å². The summed E-state index contributed by atoms with van der Waals surface area (Å²) in [6, 6.07) is 7.09. The first-order valence-electron chi connectivity index (χ1n) is 8.28. The smallest absolute Gasteiger partial charge is 0.304 e. The molecule has 2 aromatic heterocycles. The molecule has 0 aliphatic carbocycles. The van der Waals surface area contributed by atoms with Crippen LogP contribution < -0.4 is 20.6 Å². The molecule has 0 amide bonds. The Labute approximate surface area is 151 Å². The number of halogens is 1. The van der Waals surface area contributed by atoms with Gasteiger partial charge in [-0.1, -0.05) is 39.3 Å². The number of H-pyrrole nitrogens is 2. The Hall–Kier alpha value is -2.54. The quantitative estimate of drug-likeness (QED) is 0.618. The molecular weight excluding hydrogens is 342 g/mol. The molecule has 0 radical (unpaired) electrons. The lowest BCUT2D eigenvalue weighted by Gasteiger charge is -2.04. The summed E-state index contributed by atoms with van der Waals surface area (Å²) >= 11 is 5.80. The topological polar surface area (TPSA) is 101 Å². The van der Waals surface area contributed by atoms with Crippen LogP contribution in [0.25, 0.3) is 11.2 Å². The van der Waals surface area contributed by atoms with Crippen molar-refractivity contribution in [1.82, 2.24) is 15.0 Å². The van der Waals surface area contributed by atoms with Gasteiger partial charge in [0.05, 0.1) is 0 Å². The zero-order valence-electron chi connectivity index (χ0n) is 15.0. The largest absolute Gasteiger partial charge is 0.489 e. The molecule has 0 spiro atoms. The van der Waals surface area contributed by atoms with E-state index in [1.807, 2.05) is 27.7 Å². The Balaban J connectivity index is 0.000000730. The molecule has 1 aromatic carbocycles. The molecule has 0 bridgehead atoms. The summed E-state index contributed by atoms with van der Waals surface area (Å²) in [5.41, 5.74) is 6.09. The predicted octanol–water partition coefficient (Wildman–Crippen LogP) is 2.91. The normalized spacial score (nSPS) is 9.64. The molecule has 0 atom stereocenters. The van der Waals surface area contributed by atoms with Crippen molar-refractivity contribution in [3.8, 4) is 5.75 Å². The van der Waals surface area contributed by atoms with Crippen LogP contribution in [0.3, 0.4) is 0 Å². The summed E-state index contributed by atoms with van der Waals surface area (Å²) in [6.07, 6.45) is 1.66. The molecule has 0 fully saturated rings. The molecule has 136 valence electrons. The van der Waals surface area contributed by atoms with E-state index in [9.17, 15) is 4.79 Å². The van der Waals surface area contributed by atoms with Crippen LogP contribution in [-0.4, -0.2) is 21.6 Å².